The highest BCUT2D eigenvalue weighted by Gasteiger charge is 2.50. The average molecular weight is 792 g/mol. The van der Waals surface area contributed by atoms with E-state index in [-0.39, 0.29) is 0 Å². The topological polar surface area (TPSA) is 41.6 Å². The van der Waals surface area contributed by atoms with Crippen molar-refractivity contribution in [2.24, 2.45) is 0 Å². The SMILES string of the molecule is N#Cc1ccc2c(c1)c1ccccc1n2-c1ccc(-c2ccc3nc(-c4ccccc4)c4cc5c(cc4c3c2)C2(c3ccccc3Sc3ccccc32)c2ccccc2-5)cc1. The zero-order valence-corrected chi connectivity index (χ0v) is 33.6. The summed E-state index contributed by atoms with van der Waals surface area (Å²) >= 11 is 1.88. The number of aromatic nitrogens is 2. The molecule has 0 radical (unpaired) electrons. The van der Waals surface area contributed by atoms with Crippen LogP contribution in [-0.4, -0.2) is 9.55 Å². The standard InChI is InChI=1S/C57H33N3S/c58-34-35-22-29-53-45(30-35)41-15-5-9-19-52(41)60(53)39-26-23-36(24-27-39)38-25-28-51-44(31-38)42-33-50-43(32-46(42)56(59-51)37-12-2-1-3-13-37)40-14-4-6-16-47(40)57(50)48-17-7-10-20-54(48)61-55-21-11-8-18-49(55)57/h1-33H. The van der Waals surface area contributed by atoms with E-state index in [4.69, 9.17) is 4.98 Å². The zero-order chi connectivity index (χ0) is 40.2. The maximum absolute atomic E-state index is 9.67. The number of hydrogen-bond donors (Lipinski definition) is 0. The van der Waals surface area contributed by atoms with Gasteiger partial charge in [-0.05, 0) is 123 Å². The monoisotopic (exact) mass is 791 g/mol. The van der Waals surface area contributed by atoms with Crippen molar-refractivity contribution in [2.75, 3.05) is 0 Å². The lowest BCUT2D eigenvalue weighted by atomic mass is 9.67. The average Bonchev–Trinajstić information content (AvgIpc) is 3.81. The molecule has 0 unspecified atom stereocenters. The van der Waals surface area contributed by atoms with Crippen LogP contribution in [0.25, 0.3) is 82.7 Å². The minimum Gasteiger partial charge on any atom is -0.309 e. The highest BCUT2D eigenvalue weighted by molar-refractivity contribution is 7.99. The van der Waals surface area contributed by atoms with Gasteiger partial charge in [0, 0.05) is 42.6 Å². The first-order valence-corrected chi connectivity index (χ1v) is 21.5. The van der Waals surface area contributed by atoms with Crippen LogP contribution < -0.4 is 0 Å². The Labute approximate surface area is 356 Å². The fourth-order valence-electron chi connectivity index (χ4n) is 10.5. The predicted molar refractivity (Wildman–Crippen MR) is 251 cm³/mol. The van der Waals surface area contributed by atoms with Crippen molar-refractivity contribution >= 4 is 55.2 Å². The van der Waals surface area contributed by atoms with E-state index in [1.165, 1.54) is 48.6 Å². The highest BCUT2D eigenvalue weighted by Crippen LogP contribution is 2.63. The van der Waals surface area contributed by atoms with Crippen LogP contribution in [0.4, 0.5) is 0 Å². The molecule has 0 atom stereocenters. The summed E-state index contributed by atoms with van der Waals surface area (Å²) in [5, 5.41) is 15.4. The van der Waals surface area contributed by atoms with E-state index >= 15 is 0 Å². The summed E-state index contributed by atoms with van der Waals surface area (Å²) in [5.74, 6) is 0. The van der Waals surface area contributed by atoms with Crippen LogP contribution in [-0.2, 0) is 5.41 Å². The van der Waals surface area contributed by atoms with Crippen molar-refractivity contribution in [3.05, 3.63) is 228 Å². The van der Waals surface area contributed by atoms with E-state index in [9.17, 15) is 5.26 Å². The largest absolute Gasteiger partial charge is 0.309 e. The lowest BCUT2D eigenvalue weighted by Gasteiger charge is -2.39. The number of benzene rings is 9. The van der Waals surface area contributed by atoms with Crippen LogP contribution in [0.5, 0.6) is 0 Å². The smallest absolute Gasteiger partial charge is 0.0991 e. The van der Waals surface area contributed by atoms with E-state index in [0.717, 1.165) is 66.2 Å². The molecule has 1 spiro atoms. The van der Waals surface area contributed by atoms with Crippen LogP contribution in [0.3, 0.4) is 0 Å². The number of nitrogens with zero attached hydrogens (tertiary/aromatic N) is 3. The van der Waals surface area contributed by atoms with Gasteiger partial charge in [-0.3, -0.25) is 0 Å². The first-order chi connectivity index (χ1) is 30.2. The normalized spacial score (nSPS) is 13.3. The Kier molecular flexibility index (Phi) is 7.22. The zero-order valence-electron chi connectivity index (χ0n) is 32.8. The molecule has 2 aliphatic rings. The quantitative estimate of drug-likeness (QED) is 0.167. The molecule has 3 nitrogen and oxygen atoms in total. The molecule has 1 aliphatic carbocycles. The first-order valence-electron chi connectivity index (χ1n) is 20.7. The lowest BCUT2D eigenvalue weighted by Crippen LogP contribution is -2.31. The molecule has 0 fully saturated rings. The van der Waals surface area contributed by atoms with E-state index < -0.39 is 5.41 Å². The number of hydrogen-bond acceptors (Lipinski definition) is 3. The molecule has 0 saturated heterocycles. The number of nitriles is 1. The third-order valence-corrected chi connectivity index (χ3v) is 14.2. The lowest BCUT2D eigenvalue weighted by molar-refractivity contribution is 0.723. The molecule has 0 bridgehead atoms. The van der Waals surface area contributed by atoms with E-state index in [2.05, 4.69) is 199 Å². The third kappa shape index (κ3) is 4.78. The van der Waals surface area contributed by atoms with Gasteiger partial charge in [-0.25, -0.2) is 4.98 Å². The summed E-state index contributed by atoms with van der Waals surface area (Å²) < 4.78 is 2.30. The summed E-state index contributed by atoms with van der Waals surface area (Å²) in [5.41, 5.74) is 16.7. The predicted octanol–water partition coefficient (Wildman–Crippen LogP) is 14.5. The van der Waals surface area contributed by atoms with Gasteiger partial charge in [-0.1, -0.05) is 139 Å². The molecule has 1 aliphatic heterocycles. The van der Waals surface area contributed by atoms with Gasteiger partial charge >= 0.3 is 0 Å². The number of rotatable bonds is 3. The van der Waals surface area contributed by atoms with Gasteiger partial charge in [0.1, 0.15) is 0 Å². The fourth-order valence-corrected chi connectivity index (χ4v) is 11.7. The van der Waals surface area contributed by atoms with E-state index in [1.807, 2.05) is 23.9 Å². The summed E-state index contributed by atoms with van der Waals surface area (Å²) in [7, 11) is 0. The maximum atomic E-state index is 9.67. The molecule has 11 aromatic rings. The van der Waals surface area contributed by atoms with Crippen molar-refractivity contribution < 1.29 is 0 Å². The van der Waals surface area contributed by atoms with Crippen molar-refractivity contribution in [3.63, 3.8) is 0 Å². The third-order valence-electron chi connectivity index (χ3n) is 13.1. The molecule has 3 heterocycles. The van der Waals surface area contributed by atoms with Gasteiger partial charge in [-0.2, -0.15) is 5.26 Å². The second kappa shape index (κ2) is 12.9. The van der Waals surface area contributed by atoms with Gasteiger partial charge in [0.25, 0.3) is 0 Å². The van der Waals surface area contributed by atoms with Crippen molar-refractivity contribution in [1.29, 1.82) is 5.26 Å². The molecule has 2 aromatic heterocycles. The molecule has 0 amide bonds. The summed E-state index contributed by atoms with van der Waals surface area (Å²) in [6.07, 6.45) is 0. The summed E-state index contributed by atoms with van der Waals surface area (Å²) in [6, 6.07) is 75.0. The van der Waals surface area contributed by atoms with Crippen molar-refractivity contribution in [2.45, 2.75) is 15.2 Å². The Morgan fingerprint density at radius 1 is 0.443 bits per heavy atom. The van der Waals surface area contributed by atoms with Gasteiger partial charge in [0.15, 0.2) is 0 Å². The Balaban J connectivity index is 1.05. The minimum atomic E-state index is -0.475. The first kappa shape index (κ1) is 34.2. The molecule has 0 N–H and O–H groups in total. The Morgan fingerprint density at radius 3 is 1.90 bits per heavy atom. The fraction of sp³-hybridized carbons (Fsp3) is 0.0175. The molecular weight excluding hydrogens is 759 g/mol. The number of para-hydroxylation sites is 1. The molecule has 282 valence electrons. The number of pyridine rings is 1. The Bertz CT molecular complexity index is 3640. The maximum Gasteiger partial charge on any atom is 0.0991 e. The van der Waals surface area contributed by atoms with Gasteiger partial charge in [0.2, 0.25) is 0 Å². The Hall–Kier alpha value is -7.71. The van der Waals surface area contributed by atoms with Crippen LogP contribution in [0.1, 0.15) is 27.8 Å². The highest BCUT2D eigenvalue weighted by atomic mass is 32.2. The molecule has 9 aromatic carbocycles. The van der Waals surface area contributed by atoms with Crippen LogP contribution >= 0.6 is 11.8 Å². The molecular formula is C57H33N3S. The van der Waals surface area contributed by atoms with Gasteiger partial charge in [0.05, 0.1) is 39.3 Å². The van der Waals surface area contributed by atoms with Crippen molar-refractivity contribution in [3.8, 4) is 45.3 Å². The Morgan fingerprint density at radius 2 is 1.11 bits per heavy atom. The van der Waals surface area contributed by atoms with Gasteiger partial charge < -0.3 is 4.57 Å². The van der Waals surface area contributed by atoms with Crippen LogP contribution in [0, 0.1) is 11.3 Å². The van der Waals surface area contributed by atoms with Gasteiger partial charge in [-0.15, -0.1) is 0 Å². The van der Waals surface area contributed by atoms with E-state index in [0.29, 0.717) is 5.56 Å². The minimum absolute atomic E-state index is 0.475. The van der Waals surface area contributed by atoms with E-state index in [1.54, 1.807) is 0 Å². The van der Waals surface area contributed by atoms with Crippen molar-refractivity contribution in [1.82, 2.24) is 9.55 Å². The summed E-state index contributed by atoms with van der Waals surface area (Å²) in [4.78, 5) is 8.05. The molecule has 13 rings (SSSR count). The molecule has 61 heavy (non-hydrogen) atoms. The van der Waals surface area contributed by atoms with Crippen LogP contribution in [0.15, 0.2) is 210 Å². The number of fused-ring (bicyclic) bond motifs is 15. The molecule has 4 heteroatoms. The van der Waals surface area contributed by atoms with Crippen LogP contribution in [0.2, 0.25) is 0 Å². The second-order valence-electron chi connectivity index (χ2n) is 16.1. The second-order valence-corrected chi connectivity index (χ2v) is 17.2. The molecule has 0 saturated carbocycles. The summed E-state index contributed by atoms with van der Waals surface area (Å²) in [6.45, 7) is 0.